The van der Waals surface area contributed by atoms with Crippen LogP contribution in [0.1, 0.15) is 41.6 Å². The van der Waals surface area contributed by atoms with Crippen LogP contribution in [-0.2, 0) is 9.53 Å². The van der Waals surface area contributed by atoms with E-state index in [2.05, 4.69) is 0 Å². The number of hydrogen-bond donors (Lipinski definition) is 0. The van der Waals surface area contributed by atoms with E-state index in [1.165, 1.54) is 0 Å². The minimum absolute atomic E-state index is 0.0335. The lowest BCUT2D eigenvalue weighted by Crippen LogP contribution is -2.57. The van der Waals surface area contributed by atoms with Crippen molar-refractivity contribution in [2.24, 2.45) is 5.92 Å². The van der Waals surface area contributed by atoms with E-state index in [-0.39, 0.29) is 17.9 Å². The van der Waals surface area contributed by atoms with Gasteiger partial charge in [0.15, 0.2) is 0 Å². The van der Waals surface area contributed by atoms with E-state index in [1.54, 1.807) is 14.2 Å². The standard InChI is InChI=1S/C21H30N2O4/c1-15-6-4-7-18(27-3)20(15)21(25)22-12-10-17-16(14-22)8-9-19(24)23(17)11-5-13-26-2/h4,6-7,16-17H,5,8-14H2,1-3H3/t16-,17+/m0/s1. The van der Waals surface area contributed by atoms with Crippen molar-refractivity contribution >= 4 is 11.8 Å². The minimum atomic E-state index is 0.0335. The summed E-state index contributed by atoms with van der Waals surface area (Å²) in [6.07, 6.45) is 3.13. The lowest BCUT2D eigenvalue weighted by Gasteiger charge is -2.47. The van der Waals surface area contributed by atoms with E-state index in [1.807, 2.05) is 34.9 Å². The Hall–Kier alpha value is -2.08. The molecule has 27 heavy (non-hydrogen) atoms. The van der Waals surface area contributed by atoms with E-state index < -0.39 is 0 Å². The molecule has 2 aliphatic heterocycles. The molecule has 0 N–H and O–H groups in total. The fourth-order valence-electron chi connectivity index (χ4n) is 4.45. The summed E-state index contributed by atoms with van der Waals surface area (Å²) in [6.45, 7) is 4.73. The van der Waals surface area contributed by atoms with Crippen molar-refractivity contribution < 1.29 is 19.1 Å². The molecule has 0 aromatic heterocycles. The SMILES string of the molecule is COCCCN1C(=O)CC[C@H]2CN(C(=O)c3c(C)cccc3OC)CC[C@H]21. The molecule has 1 aromatic rings. The predicted octanol–water partition coefficient (Wildman–Crippen LogP) is 2.49. The predicted molar refractivity (Wildman–Crippen MR) is 103 cm³/mol. The summed E-state index contributed by atoms with van der Waals surface area (Å²) < 4.78 is 10.6. The number of amides is 2. The molecule has 3 rings (SSSR count). The number of carbonyl (C=O) groups excluding carboxylic acids is 2. The van der Waals surface area contributed by atoms with Gasteiger partial charge in [0.25, 0.3) is 5.91 Å². The van der Waals surface area contributed by atoms with Crippen LogP contribution in [-0.4, -0.2) is 68.1 Å². The highest BCUT2D eigenvalue weighted by molar-refractivity contribution is 5.98. The highest BCUT2D eigenvalue weighted by atomic mass is 16.5. The lowest BCUT2D eigenvalue weighted by molar-refractivity contribution is -0.140. The van der Waals surface area contributed by atoms with E-state index >= 15 is 0 Å². The molecule has 2 fully saturated rings. The van der Waals surface area contributed by atoms with Gasteiger partial charge < -0.3 is 19.3 Å². The van der Waals surface area contributed by atoms with Gasteiger partial charge in [-0.3, -0.25) is 9.59 Å². The van der Waals surface area contributed by atoms with Crippen LogP contribution in [0.4, 0.5) is 0 Å². The summed E-state index contributed by atoms with van der Waals surface area (Å²) in [5.41, 5.74) is 1.59. The molecule has 0 unspecified atom stereocenters. The van der Waals surface area contributed by atoms with Gasteiger partial charge >= 0.3 is 0 Å². The molecule has 2 aliphatic rings. The van der Waals surface area contributed by atoms with E-state index in [4.69, 9.17) is 9.47 Å². The van der Waals surface area contributed by atoms with Crippen LogP contribution < -0.4 is 4.74 Å². The Morgan fingerprint density at radius 1 is 1.26 bits per heavy atom. The van der Waals surface area contributed by atoms with Crippen molar-refractivity contribution in [3.63, 3.8) is 0 Å². The van der Waals surface area contributed by atoms with Gasteiger partial charge in [-0.05, 0) is 43.7 Å². The third kappa shape index (κ3) is 4.10. The lowest BCUT2D eigenvalue weighted by atomic mass is 9.83. The van der Waals surface area contributed by atoms with Crippen LogP contribution in [0.15, 0.2) is 18.2 Å². The maximum absolute atomic E-state index is 13.2. The van der Waals surface area contributed by atoms with Gasteiger partial charge in [0.1, 0.15) is 5.75 Å². The first-order valence-electron chi connectivity index (χ1n) is 9.78. The Labute approximate surface area is 161 Å². The molecular formula is C21H30N2O4. The van der Waals surface area contributed by atoms with Crippen molar-refractivity contribution in [3.05, 3.63) is 29.3 Å². The molecule has 2 heterocycles. The molecule has 0 saturated carbocycles. The summed E-state index contributed by atoms with van der Waals surface area (Å²) >= 11 is 0. The van der Waals surface area contributed by atoms with Crippen molar-refractivity contribution in [3.8, 4) is 5.75 Å². The maximum atomic E-state index is 13.2. The van der Waals surface area contributed by atoms with Gasteiger partial charge in [-0.1, -0.05) is 12.1 Å². The summed E-state index contributed by atoms with van der Waals surface area (Å²) in [5.74, 6) is 1.25. The number of piperidine rings is 2. The van der Waals surface area contributed by atoms with Crippen molar-refractivity contribution in [1.82, 2.24) is 9.80 Å². The second-order valence-corrected chi connectivity index (χ2v) is 7.49. The van der Waals surface area contributed by atoms with Gasteiger partial charge in [0.05, 0.1) is 12.7 Å². The number of fused-ring (bicyclic) bond motifs is 1. The molecule has 2 saturated heterocycles. The number of aryl methyl sites for hydroxylation is 1. The second-order valence-electron chi connectivity index (χ2n) is 7.49. The van der Waals surface area contributed by atoms with Crippen molar-refractivity contribution in [2.45, 2.75) is 38.6 Å². The van der Waals surface area contributed by atoms with Gasteiger partial charge in [0, 0.05) is 45.8 Å². The van der Waals surface area contributed by atoms with Crippen molar-refractivity contribution in [1.29, 1.82) is 0 Å². The Morgan fingerprint density at radius 2 is 2.07 bits per heavy atom. The van der Waals surface area contributed by atoms with Crippen LogP contribution in [0.3, 0.4) is 0 Å². The normalized spacial score (nSPS) is 22.6. The van der Waals surface area contributed by atoms with E-state index in [0.29, 0.717) is 43.3 Å². The molecule has 0 bridgehead atoms. The van der Waals surface area contributed by atoms with Crippen LogP contribution in [0, 0.1) is 12.8 Å². The van der Waals surface area contributed by atoms with Gasteiger partial charge in [-0.25, -0.2) is 0 Å². The van der Waals surface area contributed by atoms with Crippen LogP contribution in [0.25, 0.3) is 0 Å². The second kappa shape index (κ2) is 8.74. The Bertz CT molecular complexity index is 691. The number of benzene rings is 1. The third-order valence-corrected chi connectivity index (χ3v) is 5.85. The quantitative estimate of drug-likeness (QED) is 0.718. The molecule has 6 nitrogen and oxygen atoms in total. The molecule has 0 aliphatic carbocycles. The third-order valence-electron chi connectivity index (χ3n) is 5.85. The number of hydrogen-bond acceptors (Lipinski definition) is 4. The Balaban J connectivity index is 1.71. The zero-order chi connectivity index (χ0) is 19.4. The molecule has 0 spiro atoms. The van der Waals surface area contributed by atoms with Crippen molar-refractivity contribution in [2.75, 3.05) is 40.5 Å². The largest absolute Gasteiger partial charge is 0.496 e. The first-order chi connectivity index (χ1) is 13.1. The van der Waals surface area contributed by atoms with E-state index in [9.17, 15) is 9.59 Å². The number of ether oxygens (including phenoxy) is 2. The molecule has 6 heteroatoms. The number of rotatable bonds is 6. The Kier molecular flexibility index (Phi) is 6.37. The van der Waals surface area contributed by atoms with Gasteiger partial charge in [-0.15, -0.1) is 0 Å². The topological polar surface area (TPSA) is 59.1 Å². The number of methoxy groups -OCH3 is 2. The molecular weight excluding hydrogens is 344 g/mol. The Morgan fingerprint density at radius 3 is 2.81 bits per heavy atom. The first kappa shape index (κ1) is 19.7. The first-order valence-corrected chi connectivity index (χ1v) is 9.78. The molecule has 1 aromatic carbocycles. The number of carbonyl (C=O) groups is 2. The average Bonchev–Trinajstić information content (AvgIpc) is 2.68. The van der Waals surface area contributed by atoms with Crippen LogP contribution in [0.2, 0.25) is 0 Å². The summed E-state index contributed by atoms with van der Waals surface area (Å²) in [5, 5.41) is 0. The fraction of sp³-hybridized carbons (Fsp3) is 0.619. The van der Waals surface area contributed by atoms with Gasteiger partial charge in [-0.2, -0.15) is 0 Å². The minimum Gasteiger partial charge on any atom is -0.496 e. The zero-order valence-electron chi connectivity index (χ0n) is 16.6. The highest BCUT2D eigenvalue weighted by Gasteiger charge is 2.40. The molecule has 2 amide bonds. The monoisotopic (exact) mass is 374 g/mol. The van der Waals surface area contributed by atoms with Crippen LogP contribution in [0.5, 0.6) is 5.75 Å². The van der Waals surface area contributed by atoms with Crippen LogP contribution >= 0.6 is 0 Å². The van der Waals surface area contributed by atoms with E-state index in [0.717, 1.165) is 31.4 Å². The molecule has 0 radical (unpaired) electrons. The summed E-state index contributed by atoms with van der Waals surface area (Å²) in [7, 11) is 3.28. The summed E-state index contributed by atoms with van der Waals surface area (Å²) in [4.78, 5) is 29.5. The zero-order valence-corrected chi connectivity index (χ0v) is 16.6. The maximum Gasteiger partial charge on any atom is 0.257 e. The fourth-order valence-corrected chi connectivity index (χ4v) is 4.45. The average molecular weight is 374 g/mol. The number of nitrogens with zero attached hydrogens (tertiary/aromatic N) is 2. The molecule has 148 valence electrons. The number of likely N-dealkylation sites (tertiary alicyclic amines) is 2. The smallest absolute Gasteiger partial charge is 0.257 e. The highest BCUT2D eigenvalue weighted by Crippen LogP contribution is 2.33. The summed E-state index contributed by atoms with van der Waals surface area (Å²) in [6, 6.07) is 5.93. The van der Waals surface area contributed by atoms with Gasteiger partial charge in [0.2, 0.25) is 5.91 Å². The molecule has 2 atom stereocenters.